The van der Waals surface area contributed by atoms with Gasteiger partial charge in [-0.15, -0.1) is 0 Å². The van der Waals surface area contributed by atoms with Crippen LogP contribution < -0.4 is 5.32 Å². The summed E-state index contributed by atoms with van der Waals surface area (Å²) in [6.45, 7) is 1.07. The maximum Gasteiger partial charge on any atom is 0.256 e. The van der Waals surface area contributed by atoms with Gasteiger partial charge in [0, 0.05) is 23.8 Å². The monoisotopic (exact) mass is 355 g/mol. The van der Waals surface area contributed by atoms with E-state index in [2.05, 4.69) is 10.4 Å². The number of carbonyl (C=O) groups is 1. The molecule has 0 aliphatic carbocycles. The third kappa shape index (κ3) is 4.47. The number of carbonyl (C=O) groups excluding carboxylic acids is 1. The second-order valence-electron chi connectivity index (χ2n) is 5.58. The SMILES string of the molecule is COCc1ccc(C(=O)Nc2ccnn2Cc2ccc(Cl)cc2)cc1. The van der Waals surface area contributed by atoms with Crippen molar-refractivity contribution in [3.63, 3.8) is 0 Å². The molecule has 0 unspecified atom stereocenters. The zero-order valence-electron chi connectivity index (χ0n) is 13.8. The number of halogens is 1. The molecule has 1 N–H and O–H groups in total. The van der Waals surface area contributed by atoms with Crippen LogP contribution in [0.4, 0.5) is 5.82 Å². The molecule has 0 spiro atoms. The molecule has 0 atom stereocenters. The Balaban J connectivity index is 1.69. The van der Waals surface area contributed by atoms with E-state index in [1.165, 1.54) is 0 Å². The van der Waals surface area contributed by atoms with Gasteiger partial charge < -0.3 is 10.1 Å². The minimum Gasteiger partial charge on any atom is -0.380 e. The smallest absolute Gasteiger partial charge is 0.256 e. The highest BCUT2D eigenvalue weighted by atomic mass is 35.5. The van der Waals surface area contributed by atoms with Crippen molar-refractivity contribution < 1.29 is 9.53 Å². The lowest BCUT2D eigenvalue weighted by molar-refractivity contribution is 0.102. The lowest BCUT2D eigenvalue weighted by Gasteiger charge is -2.10. The van der Waals surface area contributed by atoms with Gasteiger partial charge in [-0.3, -0.25) is 4.79 Å². The average molecular weight is 356 g/mol. The standard InChI is InChI=1S/C19H18ClN3O2/c1-25-13-15-2-6-16(7-3-15)19(24)22-18-10-11-21-23(18)12-14-4-8-17(20)9-5-14/h2-11H,12-13H2,1H3,(H,22,24). The molecule has 0 radical (unpaired) electrons. The van der Waals surface area contributed by atoms with Crippen molar-refractivity contribution in [3.8, 4) is 0 Å². The molecule has 1 heterocycles. The van der Waals surface area contributed by atoms with E-state index in [9.17, 15) is 4.79 Å². The Bertz CT molecular complexity index is 842. The van der Waals surface area contributed by atoms with Crippen LogP contribution in [0, 0.1) is 0 Å². The van der Waals surface area contributed by atoms with Crippen LogP contribution in [0.3, 0.4) is 0 Å². The molecule has 0 aliphatic rings. The van der Waals surface area contributed by atoms with Gasteiger partial charge in [0.15, 0.2) is 0 Å². The average Bonchev–Trinajstić information content (AvgIpc) is 3.04. The normalized spacial score (nSPS) is 10.6. The third-order valence-corrected chi connectivity index (χ3v) is 3.98. The van der Waals surface area contributed by atoms with Crippen LogP contribution in [0.2, 0.25) is 5.02 Å². The Morgan fingerprint density at radius 3 is 2.44 bits per heavy atom. The topological polar surface area (TPSA) is 56.1 Å². The number of rotatable bonds is 6. The van der Waals surface area contributed by atoms with E-state index in [0.29, 0.717) is 29.6 Å². The molecule has 1 aromatic heterocycles. The second kappa shape index (κ2) is 7.96. The molecule has 3 rings (SSSR count). The summed E-state index contributed by atoms with van der Waals surface area (Å²) < 4.78 is 6.81. The van der Waals surface area contributed by atoms with Crippen molar-refractivity contribution in [1.82, 2.24) is 9.78 Å². The third-order valence-electron chi connectivity index (χ3n) is 3.73. The number of aromatic nitrogens is 2. The Hall–Kier alpha value is -2.63. The summed E-state index contributed by atoms with van der Waals surface area (Å²) in [6, 6.07) is 16.6. The molecule has 0 aliphatic heterocycles. The highest BCUT2D eigenvalue weighted by Gasteiger charge is 2.10. The van der Waals surface area contributed by atoms with Gasteiger partial charge in [-0.2, -0.15) is 5.10 Å². The largest absolute Gasteiger partial charge is 0.380 e. The van der Waals surface area contributed by atoms with Gasteiger partial charge in [-0.1, -0.05) is 35.9 Å². The Morgan fingerprint density at radius 1 is 1.08 bits per heavy atom. The molecule has 2 aromatic carbocycles. The minimum absolute atomic E-state index is 0.179. The lowest BCUT2D eigenvalue weighted by Crippen LogP contribution is -2.16. The van der Waals surface area contributed by atoms with Gasteiger partial charge in [-0.25, -0.2) is 4.68 Å². The van der Waals surface area contributed by atoms with E-state index >= 15 is 0 Å². The summed E-state index contributed by atoms with van der Waals surface area (Å²) in [6.07, 6.45) is 1.66. The van der Waals surface area contributed by atoms with E-state index in [0.717, 1.165) is 11.1 Å². The summed E-state index contributed by atoms with van der Waals surface area (Å²) in [7, 11) is 1.64. The maximum atomic E-state index is 12.4. The number of benzene rings is 2. The maximum absolute atomic E-state index is 12.4. The van der Waals surface area contributed by atoms with Gasteiger partial charge in [-0.05, 0) is 35.4 Å². The quantitative estimate of drug-likeness (QED) is 0.727. The number of methoxy groups -OCH3 is 1. The first-order chi connectivity index (χ1) is 12.2. The molecular weight excluding hydrogens is 338 g/mol. The Labute approximate surface area is 151 Å². The predicted molar refractivity (Wildman–Crippen MR) is 97.9 cm³/mol. The number of hydrogen-bond donors (Lipinski definition) is 1. The van der Waals surface area contributed by atoms with Crippen molar-refractivity contribution in [2.75, 3.05) is 12.4 Å². The van der Waals surface area contributed by atoms with Crippen molar-refractivity contribution in [2.45, 2.75) is 13.2 Å². The van der Waals surface area contributed by atoms with Crippen molar-refractivity contribution in [1.29, 1.82) is 0 Å². The highest BCUT2D eigenvalue weighted by Crippen LogP contribution is 2.15. The van der Waals surface area contributed by atoms with Gasteiger partial charge in [0.05, 0.1) is 19.3 Å². The van der Waals surface area contributed by atoms with Gasteiger partial charge in [0.25, 0.3) is 5.91 Å². The lowest BCUT2D eigenvalue weighted by atomic mass is 10.1. The first kappa shape index (κ1) is 17.2. The second-order valence-corrected chi connectivity index (χ2v) is 6.02. The molecule has 0 saturated carbocycles. The van der Waals surface area contributed by atoms with Crippen LogP contribution in [0.1, 0.15) is 21.5 Å². The fraction of sp³-hybridized carbons (Fsp3) is 0.158. The predicted octanol–water partition coefficient (Wildman–Crippen LogP) is 3.98. The number of ether oxygens (including phenoxy) is 1. The van der Waals surface area contributed by atoms with Gasteiger partial charge in [0.1, 0.15) is 5.82 Å². The summed E-state index contributed by atoms with van der Waals surface area (Å²) in [5.74, 6) is 0.461. The van der Waals surface area contributed by atoms with Crippen LogP contribution >= 0.6 is 11.6 Å². The summed E-state index contributed by atoms with van der Waals surface area (Å²) >= 11 is 5.91. The molecule has 1 amide bonds. The molecular formula is C19H18ClN3O2. The van der Waals surface area contributed by atoms with Crippen LogP contribution in [0.15, 0.2) is 60.8 Å². The Morgan fingerprint density at radius 2 is 1.76 bits per heavy atom. The first-order valence-electron chi connectivity index (χ1n) is 7.81. The molecule has 25 heavy (non-hydrogen) atoms. The number of nitrogens with zero attached hydrogens (tertiary/aromatic N) is 2. The van der Waals surface area contributed by atoms with E-state index in [1.807, 2.05) is 36.4 Å². The summed E-state index contributed by atoms with van der Waals surface area (Å²) in [5, 5.41) is 7.86. The van der Waals surface area contributed by atoms with E-state index < -0.39 is 0 Å². The fourth-order valence-corrected chi connectivity index (χ4v) is 2.56. The summed E-state index contributed by atoms with van der Waals surface area (Å²) in [5.41, 5.74) is 2.65. The molecule has 0 bridgehead atoms. The van der Waals surface area contributed by atoms with Crippen LogP contribution in [0.25, 0.3) is 0 Å². The Kier molecular flexibility index (Phi) is 5.48. The first-order valence-corrected chi connectivity index (χ1v) is 8.19. The number of hydrogen-bond acceptors (Lipinski definition) is 3. The van der Waals surface area contributed by atoms with Crippen molar-refractivity contribution in [3.05, 3.63) is 82.5 Å². The van der Waals surface area contributed by atoms with Crippen LogP contribution in [-0.2, 0) is 17.9 Å². The zero-order chi connectivity index (χ0) is 17.6. The van der Waals surface area contributed by atoms with Gasteiger partial charge in [0.2, 0.25) is 0 Å². The summed E-state index contributed by atoms with van der Waals surface area (Å²) in [4.78, 5) is 12.4. The van der Waals surface area contributed by atoms with E-state index in [4.69, 9.17) is 16.3 Å². The zero-order valence-corrected chi connectivity index (χ0v) is 14.5. The molecule has 3 aromatic rings. The van der Waals surface area contributed by atoms with E-state index in [1.54, 1.807) is 36.2 Å². The van der Waals surface area contributed by atoms with Gasteiger partial charge >= 0.3 is 0 Å². The van der Waals surface area contributed by atoms with Crippen molar-refractivity contribution in [2.24, 2.45) is 0 Å². The van der Waals surface area contributed by atoms with E-state index in [-0.39, 0.29) is 5.91 Å². The number of nitrogens with one attached hydrogen (secondary N) is 1. The van der Waals surface area contributed by atoms with Crippen LogP contribution in [0.5, 0.6) is 0 Å². The number of anilines is 1. The molecule has 0 fully saturated rings. The number of amides is 1. The fourth-order valence-electron chi connectivity index (χ4n) is 2.44. The highest BCUT2D eigenvalue weighted by molar-refractivity contribution is 6.30. The molecule has 128 valence electrons. The molecule has 0 saturated heterocycles. The van der Waals surface area contributed by atoms with Crippen molar-refractivity contribution >= 4 is 23.3 Å². The molecule has 5 nitrogen and oxygen atoms in total. The molecule has 6 heteroatoms. The minimum atomic E-state index is -0.179. The van der Waals surface area contributed by atoms with Crippen LogP contribution in [-0.4, -0.2) is 22.8 Å².